The van der Waals surface area contributed by atoms with E-state index in [0.717, 1.165) is 6.07 Å². The number of carboxylic acid groups (broad SMARTS) is 1. The lowest BCUT2D eigenvalue weighted by molar-refractivity contribution is -0.139. The van der Waals surface area contributed by atoms with E-state index in [9.17, 15) is 28.2 Å². The maximum absolute atomic E-state index is 12.4. The molecule has 0 radical (unpaired) electrons. The van der Waals surface area contributed by atoms with Gasteiger partial charge < -0.3 is 21.1 Å². The second kappa shape index (κ2) is 4.73. The Hall–Kier alpha value is -1.96. The number of nitrogens with two attached hydrogens (primary N) is 1. The van der Waals surface area contributed by atoms with Gasteiger partial charge in [-0.2, -0.15) is 13.2 Å². The number of halogens is 3. The smallest absolute Gasteiger partial charge is 0.420 e. The number of phenolic OH excluding ortho intramolecular Hbond substituents is 2. The van der Waals surface area contributed by atoms with Crippen LogP contribution in [0.25, 0.3) is 0 Å². The van der Waals surface area contributed by atoms with Crippen LogP contribution in [0.15, 0.2) is 12.1 Å². The highest BCUT2D eigenvalue weighted by molar-refractivity contribution is 5.73. The molecule has 0 heterocycles. The lowest BCUT2D eigenvalue weighted by atomic mass is 10.0. The molecule has 0 aromatic heterocycles. The van der Waals surface area contributed by atoms with E-state index in [1.807, 2.05) is 0 Å². The lowest BCUT2D eigenvalue weighted by Crippen LogP contribution is -2.32. The molecule has 0 aliphatic carbocycles. The molecule has 1 unspecified atom stereocenters. The van der Waals surface area contributed by atoms with Crippen molar-refractivity contribution in [3.8, 4) is 11.5 Å². The van der Waals surface area contributed by atoms with Crippen LogP contribution in [-0.2, 0) is 17.4 Å². The molecule has 0 saturated carbocycles. The summed E-state index contributed by atoms with van der Waals surface area (Å²) < 4.78 is 37.1. The van der Waals surface area contributed by atoms with E-state index in [1.165, 1.54) is 0 Å². The molecule has 18 heavy (non-hydrogen) atoms. The largest absolute Gasteiger partial charge is 0.504 e. The molecular formula is C10H10F3NO4. The van der Waals surface area contributed by atoms with Crippen LogP contribution in [0, 0.1) is 0 Å². The Labute approximate surface area is 99.3 Å². The van der Waals surface area contributed by atoms with E-state index in [4.69, 9.17) is 10.8 Å². The molecule has 8 heteroatoms. The Balaban J connectivity index is 3.13. The maximum atomic E-state index is 12.4. The first-order valence-electron chi connectivity index (χ1n) is 4.74. The van der Waals surface area contributed by atoms with Gasteiger partial charge in [0.1, 0.15) is 11.6 Å². The van der Waals surface area contributed by atoms with Gasteiger partial charge in [-0.3, -0.25) is 4.79 Å². The highest BCUT2D eigenvalue weighted by Gasteiger charge is 2.35. The van der Waals surface area contributed by atoms with Crippen molar-refractivity contribution in [1.29, 1.82) is 0 Å². The van der Waals surface area contributed by atoms with Gasteiger partial charge in [0.2, 0.25) is 0 Å². The first-order chi connectivity index (χ1) is 8.14. The molecule has 0 aliphatic rings. The van der Waals surface area contributed by atoms with Gasteiger partial charge in [0.05, 0.1) is 0 Å². The minimum atomic E-state index is -4.81. The standard InChI is InChI=1S/C10H10F3NO4/c11-10(12,13)5-2-1-4(7(15)8(5)16)3-6(14)9(17)18/h1-2,6,15-16H,3,14H2,(H,17,18). The average molecular weight is 265 g/mol. The van der Waals surface area contributed by atoms with Crippen LogP contribution in [-0.4, -0.2) is 27.3 Å². The van der Waals surface area contributed by atoms with Crippen LogP contribution >= 0.6 is 0 Å². The topological polar surface area (TPSA) is 104 Å². The van der Waals surface area contributed by atoms with E-state index in [2.05, 4.69) is 0 Å². The number of hydrogen-bond donors (Lipinski definition) is 4. The number of carboxylic acids is 1. The third-order valence-electron chi connectivity index (χ3n) is 2.30. The fourth-order valence-corrected chi connectivity index (χ4v) is 1.34. The first-order valence-corrected chi connectivity index (χ1v) is 4.74. The first kappa shape index (κ1) is 14.1. The van der Waals surface area contributed by atoms with Crippen LogP contribution < -0.4 is 5.73 Å². The molecule has 0 amide bonds. The minimum absolute atomic E-state index is 0.171. The molecule has 0 aliphatic heterocycles. The van der Waals surface area contributed by atoms with Gasteiger partial charge in [0, 0.05) is 6.42 Å². The molecule has 1 aromatic rings. The van der Waals surface area contributed by atoms with Gasteiger partial charge in [-0.25, -0.2) is 0 Å². The second-order valence-electron chi connectivity index (χ2n) is 3.62. The number of aromatic hydroxyl groups is 2. The van der Waals surface area contributed by atoms with Crippen molar-refractivity contribution < 1.29 is 33.3 Å². The fourth-order valence-electron chi connectivity index (χ4n) is 1.34. The Morgan fingerprint density at radius 1 is 1.28 bits per heavy atom. The van der Waals surface area contributed by atoms with Crippen LogP contribution in [0.2, 0.25) is 0 Å². The summed E-state index contributed by atoms with van der Waals surface area (Å²) >= 11 is 0. The summed E-state index contributed by atoms with van der Waals surface area (Å²) in [4.78, 5) is 10.5. The summed E-state index contributed by atoms with van der Waals surface area (Å²) in [6.07, 6.45) is -5.21. The molecule has 0 bridgehead atoms. The minimum Gasteiger partial charge on any atom is -0.504 e. The van der Waals surface area contributed by atoms with E-state index in [-0.39, 0.29) is 5.56 Å². The third kappa shape index (κ3) is 2.83. The van der Waals surface area contributed by atoms with E-state index in [1.54, 1.807) is 0 Å². The summed E-state index contributed by atoms with van der Waals surface area (Å²) in [5.74, 6) is -3.71. The van der Waals surface area contributed by atoms with Crippen molar-refractivity contribution in [2.24, 2.45) is 5.73 Å². The Morgan fingerprint density at radius 3 is 2.28 bits per heavy atom. The Kier molecular flexibility index (Phi) is 3.70. The van der Waals surface area contributed by atoms with E-state index < -0.39 is 41.7 Å². The summed E-state index contributed by atoms with van der Waals surface area (Å²) in [6.45, 7) is 0. The summed E-state index contributed by atoms with van der Waals surface area (Å²) in [5, 5.41) is 27.1. The molecule has 100 valence electrons. The molecule has 5 N–H and O–H groups in total. The van der Waals surface area contributed by atoms with Crippen LogP contribution in [0.1, 0.15) is 11.1 Å². The number of benzene rings is 1. The average Bonchev–Trinajstić information content (AvgIpc) is 2.22. The molecule has 1 atom stereocenters. The zero-order valence-electron chi connectivity index (χ0n) is 8.90. The Bertz CT molecular complexity index is 473. The SMILES string of the molecule is NC(Cc1ccc(C(F)(F)F)c(O)c1O)C(=O)O. The van der Waals surface area contributed by atoms with E-state index >= 15 is 0 Å². The molecule has 0 saturated heterocycles. The number of carbonyl (C=O) groups is 1. The van der Waals surface area contributed by atoms with Gasteiger partial charge in [0.15, 0.2) is 11.5 Å². The molecule has 0 spiro atoms. The van der Waals surface area contributed by atoms with Crippen molar-refractivity contribution >= 4 is 5.97 Å². The van der Waals surface area contributed by atoms with Crippen LogP contribution in [0.5, 0.6) is 11.5 Å². The molecule has 0 fully saturated rings. The number of hydrogen-bond acceptors (Lipinski definition) is 4. The van der Waals surface area contributed by atoms with Gasteiger partial charge in [-0.15, -0.1) is 0 Å². The van der Waals surface area contributed by atoms with Crippen molar-refractivity contribution in [3.05, 3.63) is 23.3 Å². The quantitative estimate of drug-likeness (QED) is 0.612. The summed E-state index contributed by atoms with van der Waals surface area (Å²) in [7, 11) is 0. The molecule has 1 aromatic carbocycles. The second-order valence-corrected chi connectivity index (χ2v) is 3.62. The van der Waals surface area contributed by atoms with Gasteiger partial charge >= 0.3 is 12.1 Å². The number of rotatable bonds is 3. The lowest BCUT2D eigenvalue weighted by Gasteiger charge is -2.14. The highest BCUT2D eigenvalue weighted by Crippen LogP contribution is 2.42. The number of phenols is 2. The molecule has 5 nitrogen and oxygen atoms in total. The Morgan fingerprint density at radius 2 is 1.83 bits per heavy atom. The predicted octanol–water partition coefficient (Wildman–Crippen LogP) is 1.07. The number of aliphatic carboxylic acids is 1. The van der Waals surface area contributed by atoms with Gasteiger partial charge in [-0.1, -0.05) is 6.07 Å². The summed E-state index contributed by atoms with van der Waals surface area (Å²) in [6, 6.07) is 0.0478. The maximum Gasteiger partial charge on any atom is 0.420 e. The van der Waals surface area contributed by atoms with Crippen molar-refractivity contribution in [3.63, 3.8) is 0 Å². The van der Waals surface area contributed by atoms with Gasteiger partial charge in [-0.05, 0) is 11.6 Å². The molecular weight excluding hydrogens is 255 g/mol. The van der Waals surface area contributed by atoms with Crippen LogP contribution in [0.3, 0.4) is 0 Å². The normalized spacial score (nSPS) is 13.3. The van der Waals surface area contributed by atoms with E-state index in [0.29, 0.717) is 6.07 Å². The monoisotopic (exact) mass is 265 g/mol. The van der Waals surface area contributed by atoms with Crippen molar-refractivity contribution in [2.75, 3.05) is 0 Å². The summed E-state index contributed by atoms with van der Waals surface area (Å²) in [5.41, 5.74) is 3.61. The predicted molar refractivity (Wildman–Crippen MR) is 54.1 cm³/mol. The van der Waals surface area contributed by atoms with Crippen molar-refractivity contribution in [2.45, 2.75) is 18.6 Å². The van der Waals surface area contributed by atoms with Crippen molar-refractivity contribution in [1.82, 2.24) is 0 Å². The van der Waals surface area contributed by atoms with Gasteiger partial charge in [0.25, 0.3) is 0 Å². The zero-order valence-corrected chi connectivity index (χ0v) is 8.90. The highest BCUT2D eigenvalue weighted by atomic mass is 19.4. The van der Waals surface area contributed by atoms with Crippen LogP contribution in [0.4, 0.5) is 13.2 Å². The third-order valence-corrected chi connectivity index (χ3v) is 2.30. The molecule has 1 rings (SSSR count). The number of alkyl halides is 3. The fraction of sp³-hybridized carbons (Fsp3) is 0.300. The zero-order chi connectivity index (χ0) is 14.1.